The molecule has 1 aromatic rings. The predicted octanol–water partition coefficient (Wildman–Crippen LogP) is 4.23. The Bertz CT molecular complexity index is 388. The van der Waals surface area contributed by atoms with Crippen LogP contribution in [0.15, 0.2) is 24.3 Å². The molecule has 0 spiro atoms. The SMILES string of the molecule is CCCCCCCCOC(=O)CCc1ccccc1O. The third kappa shape index (κ3) is 7.17. The van der Waals surface area contributed by atoms with E-state index in [1.165, 1.54) is 25.7 Å². The number of phenols is 1. The van der Waals surface area contributed by atoms with Crippen LogP contribution in [0.25, 0.3) is 0 Å². The average Bonchev–Trinajstić information content (AvgIpc) is 2.45. The lowest BCUT2D eigenvalue weighted by atomic mass is 10.1. The van der Waals surface area contributed by atoms with Gasteiger partial charge in [0.05, 0.1) is 6.61 Å². The third-order valence-corrected chi connectivity index (χ3v) is 3.35. The summed E-state index contributed by atoms with van der Waals surface area (Å²) in [7, 11) is 0. The summed E-state index contributed by atoms with van der Waals surface area (Å²) in [6.45, 7) is 2.72. The van der Waals surface area contributed by atoms with Gasteiger partial charge >= 0.3 is 5.97 Å². The number of hydrogen-bond acceptors (Lipinski definition) is 3. The van der Waals surface area contributed by atoms with Crippen molar-refractivity contribution in [2.24, 2.45) is 0 Å². The maximum absolute atomic E-state index is 11.6. The van der Waals surface area contributed by atoms with E-state index >= 15 is 0 Å². The zero-order chi connectivity index (χ0) is 14.6. The van der Waals surface area contributed by atoms with Gasteiger partial charge in [-0.15, -0.1) is 0 Å². The van der Waals surface area contributed by atoms with Crippen molar-refractivity contribution in [3.05, 3.63) is 29.8 Å². The minimum absolute atomic E-state index is 0.179. The first-order valence-corrected chi connectivity index (χ1v) is 7.66. The number of rotatable bonds is 10. The summed E-state index contributed by atoms with van der Waals surface area (Å²) < 4.78 is 5.19. The van der Waals surface area contributed by atoms with Crippen LogP contribution >= 0.6 is 0 Å². The van der Waals surface area contributed by atoms with Gasteiger partial charge in [-0.3, -0.25) is 4.79 Å². The fourth-order valence-corrected chi connectivity index (χ4v) is 2.10. The monoisotopic (exact) mass is 278 g/mol. The molecule has 0 fully saturated rings. The number of phenolic OH excluding ortho intramolecular Hbond substituents is 1. The molecule has 0 saturated heterocycles. The molecule has 0 aliphatic carbocycles. The fraction of sp³-hybridized carbons (Fsp3) is 0.588. The smallest absolute Gasteiger partial charge is 0.306 e. The number of hydrogen-bond donors (Lipinski definition) is 1. The Morgan fingerprint density at radius 3 is 2.55 bits per heavy atom. The van der Waals surface area contributed by atoms with Gasteiger partial charge in [0.25, 0.3) is 0 Å². The second kappa shape index (κ2) is 10.3. The number of benzene rings is 1. The van der Waals surface area contributed by atoms with E-state index in [0.29, 0.717) is 19.4 Å². The molecule has 1 rings (SSSR count). The molecule has 0 aliphatic heterocycles. The molecule has 1 aromatic carbocycles. The highest BCUT2D eigenvalue weighted by Crippen LogP contribution is 2.17. The van der Waals surface area contributed by atoms with Crippen molar-refractivity contribution in [1.29, 1.82) is 0 Å². The lowest BCUT2D eigenvalue weighted by Crippen LogP contribution is -2.07. The Kier molecular flexibility index (Phi) is 8.52. The Balaban J connectivity index is 2.05. The summed E-state index contributed by atoms with van der Waals surface area (Å²) >= 11 is 0. The first-order chi connectivity index (χ1) is 9.74. The van der Waals surface area contributed by atoms with Gasteiger partial charge in [-0.25, -0.2) is 0 Å². The fourth-order valence-electron chi connectivity index (χ4n) is 2.10. The van der Waals surface area contributed by atoms with Crippen LogP contribution in [-0.4, -0.2) is 17.7 Å². The molecule has 112 valence electrons. The standard InChI is InChI=1S/C17H26O3/c1-2-3-4-5-6-9-14-20-17(19)13-12-15-10-7-8-11-16(15)18/h7-8,10-11,18H,2-6,9,12-14H2,1H3. The summed E-state index contributed by atoms with van der Waals surface area (Å²) in [5, 5.41) is 9.59. The molecule has 0 radical (unpaired) electrons. The zero-order valence-corrected chi connectivity index (χ0v) is 12.4. The molecule has 0 aromatic heterocycles. The third-order valence-electron chi connectivity index (χ3n) is 3.35. The zero-order valence-electron chi connectivity index (χ0n) is 12.4. The minimum Gasteiger partial charge on any atom is -0.508 e. The number of esters is 1. The Morgan fingerprint density at radius 2 is 1.80 bits per heavy atom. The highest BCUT2D eigenvalue weighted by Gasteiger charge is 2.06. The van der Waals surface area contributed by atoms with E-state index in [4.69, 9.17) is 4.74 Å². The number of carbonyl (C=O) groups excluding carboxylic acids is 1. The van der Waals surface area contributed by atoms with Crippen LogP contribution in [0, 0.1) is 0 Å². The minimum atomic E-state index is -0.179. The van der Waals surface area contributed by atoms with E-state index in [1.807, 2.05) is 12.1 Å². The Morgan fingerprint density at radius 1 is 1.10 bits per heavy atom. The van der Waals surface area contributed by atoms with E-state index in [0.717, 1.165) is 18.4 Å². The quantitative estimate of drug-likeness (QED) is 0.514. The number of ether oxygens (including phenoxy) is 1. The molecular formula is C17H26O3. The van der Waals surface area contributed by atoms with E-state index < -0.39 is 0 Å². The Labute approximate surface area is 122 Å². The van der Waals surface area contributed by atoms with Crippen molar-refractivity contribution in [2.75, 3.05) is 6.61 Å². The van der Waals surface area contributed by atoms with Crippen LogP contribution < -0.4 is 0 Å². The second-order valence-electron chi connectivity index (χ2n) is 5.12. The van der Waals surface area contributed by atoms with Crippen LogP contribution in [0.2, 0.25) is 0 Å². The van der Waals surface area contributed by atoms with Gasteiger partial charge in [-0.1, -0.05) is 57.2 Å². The van der Waals surface area contributed by atoms with Crippen molar-refractivity contribution in [1.82, 2.24) is 0 Å². The molecule has 0 aliphatic rings. The van der Waals surface area contributed by atoms with Crippen LogP contribution in [0.1, 0.15) is 57.4 Å². The molecule has 0 amide bonds. The van der Waals surface area contributed by atoms with Gasteiger partial charge < -0.3 is 9.84 Å². The van der Waals surface area contributed by atoms with Crippen LogP contribution in [0.5, 0.6) is 5.75 Å². The molecule has 0 heterocycles. The van der Waals surface area contributed by atoms with Gasteiger partial charge in [-0.2, -0.15) is 0 Å². The van der Waals surface area contributed by atoms with Crippen LogP contribution in [0.3, 0.4) is 0 Å². The topological polar surface area (TPSA) is 46.5 Å². The molecule has 0 unspecified atom stereocenters. The number of unbranched alkanes of at least 4 members (excludes halogenated alkanes) is 5. The number of carbonyl (C=O) groups is 1. The van der Waals surface area contributed by atoms with Gasteiger partial charge in [0.2, 0.25) is 0 Å². The summed E-state index contributed by atoms with van der Waals surface area (Å²) in [6.07, 6.45) is 7.98. The van der Waals surface area contributed by atoms with Crippen molar-refractivity contribution < 1.29 is 14.6 Å². The highest BCUT2D eigenvalue weighted by atomic mass is 16.5. The molecule has 3 heteroatoms. The molecule has 0 atom stereocenters. The number of para-hydroxylation sites is 1. The first kappa shape index (κ1) is 16.5. The van der Waals surface area contributed by atoms with Crippen molar-refractivity contribution >= 4 is 5.97 Å². The van der Waals surface area contributed by atoms with Crippen molar-refractivity contribution in [2.45, 2.75) is 58.3 Å². The molecule has 3 nitrogen and oxygen atoms in total. The average molecular weight is 278 g/mol. The van der Waals surface area contributed by atoms with Gasteiger partial charge in [0.1, 0.15) is 5.75 Å². The van der Waals surface area contributed by atoms with Gasteiger partial charge in [0, 0.05) is 6.42 Å². The summed E-state index contributed by atoms with van der Waals surface area (Å²) in [5.41, 5.74) is 0.795. The summed E-state index contributed by atoms with van der Waals surface area (Å²) in [6, 6.07) is 7.10. The van der Waals surface area contributed by atoms with E-state index in [1.54, 1.807) is 12.1 Å². The maximum Gasteiger partial charge on any atom is 0.306 e. The lowest BCUT2D eigenvalue weighted by Gasteiger charge is -2.06. The van der Waals surface area contributed by atoms with Gasteiger partial charge in [-0.05, 0) is 24.5 Å². The molecule has 0 bridgehead atoms. The van der Waals surface area contributed by atoms with Gasteiger partial charge in [0.15, 0.2) is 0 Å². The van der Waals surface area contributed by atoms with E-state index in [9.17, 15) is 9.90 Å². The molecular weight excluding hydrogens is 252 g/mol. The van der Waals surface area contributed by atoms with E-state index in [2.05, 4.69) is 6.92 Å². The summed E-state index contributed by atoms with van der Waals surface area (Å²) in [5.74, 6) is 0.0676. The predicted molar refractivity (Wildman–Crippen MR) is 80.8 cm³/mol. The normalized spacial score (nSPS) is 10.4. The second-order valence-corrected chi connectivity index (χ2v) is 5.12. The number of aryl methyl sites for hydroxylation is 1. The molecule has 0 saturated carbocycles. The largest absolute Gasteiger partial charge is 0.508 e. The summed E-state index contributed by atoms with van der Waals surface area (Å²) in [4.78, 5) is 11.6. The number of aromatic hydroxyl groups is 1. The maximum atomic E-state index is 11.6. The van der Waals surface area contributed by atoms with Crippen molar-refractivity contribution in [3.63, 3.8) is 0 Å². The molecule has 1 N–H and O–H groups in total. The van der Waals surface area contributed by atoms with Crippen LogP contribution in [0.4, 0.5) is 0 Å². The highest BCUT2D eigenvalue weighted by molar-refractivity contribution is 5.69. The van der Waals surface area contributed by atoms with Crippen molar-refractivity contribution in [3.8, 4) is 5.75 Å². The first-order valence-electron chi connectivity index (χ1n) is 7.66. The van der Waals surface area contributed by atoms with E-state index in [-0.39, 0.29) is 11.7 Å². The lowest BCUT2D eigenvalue weighted by molar-refractivity contribution is -0.143. The molecule has 20 heavy (non-hydrogen) atoms. The van der Waals surface area contributed by atoms with Crippen LogP contribution in [-0.2, 0) is 16.0 Å². The Hall–Kier alpha value is -1.51.